The Morgan fingerprint density at radius 1 is 1.14 bits per heavy atom. The van der Waals surface area contributed by atoms with Crippen LogP contribution in [0.5, 0.6) is 5.75 Å². The molecule has 1 heterocycles. The standard InChI is InChI=1S/C25H31NO2S/c1-16-4-3-5-22(17(16)2)28-13-21-9-23(29-14-21)24(27)26-15-25-10-18-6-19(11-25)8-20(7-18)12-25/h3-5,9,14,18-20H,6-8,10-13,15H2,1-2H3,(H,26,27). The second-order valence-corrected chi connectivity index (χ2v) is 10.8. The maximum atomic E-state index is 12.8. The van der Waals surface area contributed by atoms with Gasteiger partial charge in [0.25, 0.3) is 5.91 Å². The van der Waals surface area contributed by atoms with Gasteiger partial charge in [-0.15, -0.1) is 11.3 Å². The van der Waals surface area contributed by atoms with Gasteiger partial charge in [-0.25, -0.2) is 0 Å². The lowest BCUT2D eigenvalue weighted by atomic mass is 9.49. The summed E-state index contributed by atoms with van der Waals surface area (Å²) in [6.07, 6.45) is 8.33. The number of nitrogens with one attached hydrogen (secondary N) is 1. The molecule has 6 rings (SSSR count). The van der Waals surface area contributed by atoms with Crippen LogP contribution in [0.2, 0.25) is 0 Å². The molecule has 1 N–H and O–H groups in total. The summed E-state index contributed by atoms with van der Waals surface area (Å²) in [4.78, 5) is 13.6. The van der Waals surface area contributed by atoms with Gasteiger partial charge in [0.1, 0.15) is 12.4 Å². The van der Waals surface area contributed by atoms with Crippen molar-refractivity contribution >= 4 is 17.2 Å². The van der Waals surface area contributed by atoms with E-state index in [0.29, 0.717) is 12.0 Å². The smallest absolute Gasteiger partial charge is 0.261 e. The fourth-order valence-electron chi connectivity index (χ4n) is 6.47. The van der Waals surface area contributed by atoms with E-state index in [4.69, 9.17) is 4.74 Å². The van der Waals surface area contributed by atoms with Crippen molar-refractivity contribution in [3.05, 3.63) is 51.2 Å². The minimum atomic E-state index is 0.0868. The van der Waals surface area contributed by atoms with Gasteiger partial charge in [-0.2, -0.15) is 0 Å². The number of hydrogen-bond acceptors (Lipinski definition) is 3. The summed E-state index contributed by atoms with van der Waals surface area (Å²) in [5, 5.41) is 5.34. The Hall–Kier alpha value is -1.81. The molecule has 154 valence electrons. The van der Waals surface area contributed by atoms with Gasteiger partial charge < -0.3 is 10.1 Å². The van der Waals surface area contributed by atoms with Crippen LogP contribution in [-0.4, -0.2) is 12.5 Å². The SMILES string of the molecule is Cc1cccc(OCc2csc(C(=O)NCC34CC5CC(CC(C5)C3)C4)c2)c1C. The molecule has 0 unspecified atom stereocenters. The van der Waals surface area contributed by atoms with Gasteiger partial charge in [0, 0.05) is 12.1 Å². The number of amides is 1. The number of ether oxygens (including phenoxy) is 1. The van der Waals surface area contributed by atoms with Gasteiger partial charge in [-0.3, -0.25) is 4.79 Å². The number of hydrogen-bond donors (Lipinski definition) is 1. The van der Waals surface area contributed by atoms with E-state index < -0.39 is 0 Å². The van der Waals surface area contributed by atoms with Crippen molar-refractivity contribution in [2.75, 3.05) is 6.54 Å². The molecular weight excluding hydrogens is 378 g/mol. The Kier molecular flexibility index (Phi) is 4.93. The van der Waals surface area contributed by atoms with Crippen LogP contribution in [0.25, 0.3) is 0 Å². The first-order valence-electron chi connectivity index (χ1n) is 11.0. The topological polar surface area (TPSA) is 38.3 Å². The predicted molar refractivity (Wildman–Crippen MR) is 118 cm³/mol. The van der Waals surface area contributed by atoms with Gasteiger partial charge in [0.15, 0.2) is 0 Å². The zero-order valence-corrected chi connectivity index (χ0v) is 18.3. The third kappa shape index (κ3) is 3.84. The highest BCUT2D eigenvalue weighted by Gasteiger charge is 2.50. The lowest BCUT2D eigenvalue weighted by molar-refractivity contribution is -0.0503. The third-order valence-electron chi connectivity index (χ3n) is 7.62. The molecule has 29 heavy (non-hydrogen) atoms. The van der Waals surface area contributed by atoms with Crippen molar-refractivity contribution < 1.29 is 9.53 Å². The molecule has 4 heteroatoms. The molecule has 4 bridgehead atoms. The van der Waals surface area contributed by atoms with Crippen molar-refractivity contribution in [3.63, 3.8) is 0 Å². The van der Waals surface area contributed by atoms with Gasteiger partial charge in [0.05, 0.1) is 4.88 Å². The van der Waals surface area contributed by atoms with Crippen LogP contribution in [0, 0.1) is 37.0 Å². The van der Waals surface area contributed by atoms with Crippen molar-refractivity contribution in [1.29, 1.82) is 0 Å². The molecule has 1 amide bonds. The quantitative estimate of drug-likeness (QED) is 0.646. The Labute approximate surface area is 177 Å². The second-order valence-electron chi connectivity index (χ2n) is 9.91. The molecule has 3 nitrogen and oxygen atoms in total. The predicted octanol–water partition coefficient (Wildman–Crippen LogP) is 5.89. The molecule has 4 aliphatic rings. The largest absolute Gasteiger partial charge is 0.489 e. The highest BCUT2D eigenvalue weighted by Crippen LogP contribution is 2.59. The van der Waals surface area contributed by atoms with Crippen LogP contribution < -0.4 is 10.1 Å². The molecule has 0 aliphatic heterocycles. The molecule has 4 fully saturated rings. The number of benzene rings is 1. The third-order valence-corrected chi connectivity index (χ3v) is 8.59. The number of carbonyl (C=O) groups excluding carboxylic acids is 1. The van der Waals surface area contributed by atoms with Crippen LogP contribution >= 0.6 is 11.3 Å². The summed E-state index contributed by atoms with van der Waals surface area (Å²) >= 11 is 1.53. The number of aryl methyl sites for hydroxylation is 1. The molecule has 4 saturated carbocycles. The average Bonchev–Trinajstić information content (AvgIpc) is 3.15. The molecule has 4 aliphatic carbocycles. The molecule has 0 radical (unpaired) electrons. The van der Waals surface area contributed by atoms with Crippen molar-refractivity contribution in [2.24, 2.45) is 23.2 Å². The van der Waals surface area contributed by atoms with Crippen molar-refractivity contribution in [1.82, 2.24) is 5.32 Å². The fraction of sp³-hybridized carbons (Fsp3) is 0.560. The Morgan fingerprint density at radius 2 is 1.83 bits per heavy atom. The molecular formula is C25H31NO2S. The highest BCUT2D eigenvalue weighted by atomic mass is 32.1. The average molecular weight is 410 g/mol. The highest BCUT2D eigenvalue weighted by molar-refractivity contribution is 7.12. The summed E-state index contributed by atoms with van der Waals surface area (Å²) in [6.45, 7) is 5.55. The molecule has 0 saturated heterocycles. The lowest BCUT2D eigenvalue weighted by Crippen LogP contribution is -2.51. The molecule has 1 aromatic heterocycles. The van der Waals surface area contributed by atoms with E-state index in [2.05, 4.69) is 25.2 Å². The van der Waals surface area contributed by atoms with E-state index in [1.807, 2.05) is 23.6 Å². The molecule has 0 spiro atoms. The van der Waals surface area contributed by atoms with Crippen LogP contribution in [0.3, 0.4) is 0 Å². The summed E-state index contributed by atoms with van der Waals surface area (Å²) in [6, 6.07) is 8.12. The van der Waals surface area contributed by atoms with E-state index in [-0.39, 0.29) is 5.91 Å². The van der Waals surface area contributed by atoms with Crippen LogP contribution in [0.4, 0.5) is 0 Å². The van der Waals surface area contributed by atoms with E-state index in [0.717, 1.165) is 40.5 Å². The first-order chi connectivity index (χ1) is 14.0. The Bertz CT molecular complexity index is 880. The van der Waals surface area contributed by atoms with E-state index in [1.165, 1.54) is 61.0 Å². The summed E-state index contributed by atoms with van der Waals surface area (Å²) in [7, 11) is 0. The summed E-state index contributed by atoms with van der Waals surface area (Å²) < 4.78 is 6.00. The van der Waals surface area contributed by atoms with Gasteiger partial charge >= 0.3 is 0 Å². The maximum absolute atomic E-state index is 12.8. The maximum Gasteiger partial charge on any atom is 0.261 e. The zero-order valence-electron chi connectivity index (χ0n) is 17.5. The normalized spacial score (nSPS) is 29.8. The minimum Gasteiger partial charge on any atom is -0.489 e. The summed E-state index contributed by atoms with van der Waals surface area (Å²) in [5.74, 6) is 3.78. The van der Waals surface area contributed by atoms with E-state index in [1.54, 1.807) is 0 Å². The zero-order chi connectivity index (χ0) is 20.0. The van der Waals surface area contributed by atoms with Crippen molar-refractivity contribution in [2.45, 2.75) is 59.0 Å². The van der Waals surface area contributed by atoms with E-state index >= 15 is 0 Å². The second kappa shape index (κ2) is 7.46. The minimum absolute atomic E-state index is 0.0868. The monoisotopic (exact) mass is 409 g/mol. The number of carbonyl (C=O) groups is 1. The number of rotatable bonds is 6. The van der Waals surface area contributed by atoms with Gasteiger partial charge in [-0.1, -0.05) is 12.1 Å². The van der Waals surface area contributed by atoms with Crippen LogP contribution in [0.1, 0.15) is 64.9 Å². The van der Waals surface area contributed by atoms with Crippen LogP contribution in [0.15, 0.2) is 29.6 Å². The Morgan fingerprint density at radius 3 is 2.52 bits per heavy atom. The number of thiophene rings is 1. The van der Waals surface area contributed by atoms with E-state index in [9.17, 15) is 4.79 Å². The summed E-state index contributed by atoms with van der Waals surface area (Å²) in [5.41, 5.74) is 3.86. The van der Waals surface area contributed by atoms with Gasteiger partial charge in [-0.05, 0) is 104 Å². The molecule has 2 aromatic rings. The Balaban J connectivity index is 1.17. The molecule has 1 aromatic carbocycles. The van der Waals surface area contributed by atoms with Crippen molar-refractivity contribution in [3.8, 4) is 5.75 Å². The van der Waals surface area contributed by atoms with Crippen LogP contribution in [-0.2, 0) is 6.61 Å². The van der Waals surface area contributed by atoms with Gasteiger partial charge in [0.2, 0.25) is 0 Å². The first kappa shape index (κ1) is 19.2. The molecule has 0 atom stereocenters. The first-order valence-corrected chi connectivity index (χ1v) is 11.9. The lowest BCUT2D eigenvalue weighted by Gasteiger charge is -2.56. The fourth-order valence-corrected chi connectivity index (χ4v) is 7.29.